The van der Waals surface area contributed by atoms with Gasteiger partial charge >= 0.3 is 11.9 Å². The minimum atomic E-state index is -2.45. The smallest absolute Gasteiger partial charge is 0.352 e. The number of likely N-dealkylation sites (N-methyl/N-ethyl adjacent to an activating group) is 1. The number of nitro benzene ring substituents is 1. The zero-order valence-corrected chi connectivity index (χ0v) is 25.9. The summed E-state index contributed by atoms with van der Waals surface area (Å²) >= 11 is 0.515. The van der Waals surface area contributed by atoms with Gasteiger partial charge in [-0.05, 0) is 45.6 Å². The van der Waals surface area contributed by atoms with Gasteiger partial charge < -0.3 is 24.8 Å². The van der Waals surface area contributed by atoms with Crippen LogP contribution < -0.4 is 10.6 Å². The molecule has 0 aromatic heterocycles. The Bertz CT molecular complexity index is 1070. The van der Waals surface area contributed by atoms with Crippen LogP contribution in [0.3, 0.4) is 0 Å². The van der Waals surface area contributed by atoms with Gasteiger partial charge in [-0.2, -0.15) is 0 Å². The van der Waals surface area contributed by atoms with Crippen LogP contribution in [0.1, 0.15) is 67.7 Å². The number of thioether (sulfide) groups is 1. The molecule has 1 aromatic carbocycles. The summed E-state index contributed by atoms with van der Waals surface area (Å²) in [6.45, 7) is 11.5. The van der Waals surface area contributed by atoms with Gasteiger partial charge in [0, 0.05) is 19.0 Å². The molecule has 0 aliphatic rings. The number of unbranched alkanes of at least 4 members (excludes halogenated alkanes) is 1. The van der Waals surface area contributed by atoms with Crippen molar-refractivity contribution in [3.05, 3.63) is 34.4 Å². The third-order valence-electron chi connectivity index (χ3n) is 5.61. The van der Waals surface area contributed by atoms with Crippen molar-refractivity contribution in [1.29, 1.82) is 0 Å². The van der Waals surface area contributed by atoms with Gasteiger partial charge in [-0.15, -0.1) is 0 Å². The number of nitrogens with one attached hydrogen (secondary N) is 2. The molecule has 0 aliphatic carbocycles. The highest BCUT2D eigenvalue weighted by Crippen LogP contribution is 2.42. The third kappa shape index (κ3) is 11.3. The first-order chi connectivity index (χ1) is 19.1. The van der Waals surface area contributed by atoms with E-state index < -0.39 is 57.8 Å². The van der Waals surface area contributed by atoms with E-state index in [0.29, 0.717) is 31.0 Å². The Kier molecular flexibility index (Phi) is 14.2. The maximum atomic E-state index is 13.9. The average molecular weight is 598 g/mol. The number of para-hydroxylation sites is 1. The van der Waals surface area contributed by atoms with Crippen LogP contribution in [0.4, 0.5) is 5.69 Å². The fourth-order valence-electron chi connectivity index (χ4n) is 3.77. The number of rotatable bonds is 16. The normalized spacial score (nSPS) is 14.4. The fourth-order valence-corrected chi connectivity index (χ4v) is 5.04. The van der Waals surface area contributed by atoms with E-state index in [1.54, 1.807) is 27.7 Å². The highest BCUT2D eigenvalue weighted by atomic mass is 32.2. The molecule has 2 unspecified atom stereocenters. The topological polar surface area (TPSA) is 163 Å². The lowest BCUT2D eigenvalue weighted by Crippen LogP contribution is -2.64. The third-order valence-corrected chi connectivity index (χ3v) is 7.00. The minimum Gasteiger partial charge on any atom is -0.463 e. The Morgan fingerprint density at radius 3 is 2.24 bits per heavy atom. The van der Waals surface area contributed by atoms with Gasteiger partial charge in [-0.25, -0.2) is 9.59 Å². The van der Waals surface area contributed by atoms with E-state index in [2.05, 4.69) is 10.6 Å². The molecule has 0 radical (unpaired) electrons. The number of esters is 2. The van der Waals surface area contributed by atoms with Crippen LogP contribution in [0.2, 0.25) is 0 Å². The maximum absolute atomic E-state index is 13.9. The van der Waals surface area contributed by atoms with E-state index in [1.807, 2.05) is 20.8 Å². The van der Waals surface area contributed by atoms with Gasteiger partial charge in [-0.3, -0.25) is 19.7 Å². The molecular formula is C28H43N3O9S. The Hall–Kier alpha value is -3.19. The molecule has 2 N–H and O–H groups in total. The van der Waals surface area contributed by atoms with Gasteiger partial charge in [0.05, 0.1) is 16.4 Å². The van der Waals surface area contributed by atoms with Crippen molar-refractivity contribution in [1.82, 2.24) is 10.6 Å². The van der Waals surface area contributed by atoms with Crippen molar-refractivity contribution in [2.75, 3.05) is 20.3 Å². The number of ether oxygens (including phenoxy) is 3. The lowest BCUT2D eigenvalue weighted by Gasteiger charge is -2.37. The van der Waals surface area contributed by atoms with Gasteiger partial charge in [0.1, 0.15) is 12.2 Å². The summed E-state index contributed by atoms with van der Waals surface area (Å²) in [7, 11) is 1.30. The summed E-state index contributed by atoms with van der Waals surface area (Å²) in [4.78, 5) is 62.0. The first-order valence-electron chi connectivity index (χ1n) is 13.5. The molecule has 1 aromatic rings. The second-order valence-electron chi connectivity index (χ2n) is 10.9. The number of amides is 2. The van der Waals surface area contributed by atoms with Gasteiger partial charge in [0.15, 0.2) is 6.04 Å². The summed E-state index contributed by atoms with van der Waals surface area (Å²) in [6.07, 6.45) is 1.64. The minimum absolute atomic E-state index is 0.0486. The monoisotopic (exact) mass is 597 g/mol. The van der Waals surface area contributed by atoms with E-state index in [9.17, 15) is 29.3 Å². The Labute approximate surface area is 245 Å². The van der Waals surface area contributed by atoms with Crippen LogP contribution in [0.5, 0.6) is 0 Å². The molecule has 0 aliphatic heterocycles. The molecule has 12 nitrogen and oxygen atoms in total. The highest BCUT2D eigenvalue weighted by Gasteiger charge is 2.55. The van der Waals surface area contributed by atoms with Crippen LogP contribution in [0, 0.1) is 22.0 Å². The number of carbonyl (C=O) groups excluding carboxylic acids is 4. The molecule has 0 heterocycles. The van der Waals surface area contributed by atoms with Gasteiger partial charge in [-0.1, -0.05) is 58.0 Å². The summed E-state index contributed by atoms with van der Waals surface area (Å²) in [5.41, 5.74) is -1.27. The van der Waals surface area contributed by atoms with Crippen molar-refractivity contribution < 1.29 is 38.3 Å². The van der Waals surface area contributed by atoms with E-state index in [0.717, 1.165) is 0 Å². The molecule has 0 fully saturated rings. The summed E-state index contributed by atoms with van der Waals surface area (Å²) in [5.74, 6) is -3.75. The van der Waals surface area contributed by atoms with Crippen molar-refractivity contribution in [2.45, 2.75) is 89.2 Å². The molecule has 41 heavy (non-hydrogen) atoms. The highest BCUT2D eigenvalue weighted by molar-refractivity contribution is 8.01. The van der Waals surface area contributed by atoms with Crippen LogP contribution in [0.15, 0.2) is 29.2 Å². The quantitative estimate of drug-likeness (QED) is 0.0711. The largest absolute Gasteiger partial charge is 0.463 e. The fraction of sp³-hybridized carbons (Fsp3) is 0.643. The van der Waals surface area contributed by atoms with Crippen molar-refractivity contribution in [2.24, 2.45) is 11.8 Å². The van der Waals surface area contributed by atoms with E-state index in [-0.39, 0.29) is 23.1 Å². The van der Waals surface area contributed by atoms with E-state index in [1.165, 1.54) is 31.3 Å². The molecule has 0 saturated carbocycles. The van der Waals surface area contributed by atoms with Crippen molar-refractivity contribution >= 4 is 41.2 Å². The van der Waals surface area contributed by atoms with Crippen molar-refractivity contribution in [3.8, 4) is 0 Å². The number of carbonyl (C=O) groups is 4. The van der Waals surface area contributed by atoms with Crippen LogP contribution in [-0.2, 0) is 33.4 Å². The Morgan fingerprint density at radius 2 is 1.71 bits per heavy atom. The molecule has 0 saturated heterocycles. The number of hydrogen-bond acceptors (Lipinski definition) is 10. The first kappa shape index (κ1) is 35.8. The lowest BCUT2D eigenvalue weighted by molar-refractivity contribution is -0.387. The molecule has 2 amide bonds. The Balaban J connectivity index is 3.82. The molecule has 3 atom stereocenters. The van der Waals surface area contributed by atoms with Gasteiger partial charge in [0.25, 0.3) is 5.69 Å². The zero-order valence-electron chi connectivity index (χ0n) is 25.1. The van der Waals surface area contributed by atoms with E-state index >= 15 is 0 Å². The van der Waals surface area contributed by atoms with Crippen LogP contribution in [0.25, 0.3) is 0 Å². The number of nitro groups is 1. The number of benzene rings is 1. The molecule has 0 bridgehead atoms. The Morgan fingerprint density at radius 1 is 1.07 bits per heavy atom. The molecular weight excluding hydrogens is 554 g/mol. The van der Waals surface area contributed by atoms with Crippen molar-refractivity contribution in [3.63, 3.8) is 0 Å². The van der Waals surface area contributed by atoms with Crippen LogP contribution >= 0.6 is 11.8 Å². The lowest BCUT2D eigenvalue weighted by atomic mass is 9.97. The molecule has 230 valence electrons. The summed E-state index contributed by atoms with van der Waals surface area (Å²) in [5, 5.41) is 16.9. The second-order valence-corrected chi connectivity index (χ2v) is 12.2. The molecule has 1 rings (SSSR count). The zero-order chi connectivity index (χ0) is 31.4. The standard InChI is InChI=1S/C28H43N3O9S/c1-9-10-15-38-26(35)28(39-17-22(32)40-27(5,6)7,41-21-14-12-11-13-20(21)31(36)37)23(25(34)29-8)30-24(33)19(4)16-18(2)3/h11-14,18-19,23H,9-10,15-17H2,1-8H3,(H,29,34)(H,30,33)/t19?,23-,28?/m1/s1. The number of nitrogens with zero attached hydrogens (tertiary/aromatic N) is 1. The second kappa shape index (κ2) is 16.3. The predicted octanol–water partition coefficient (Wildman–Crippen LogP) is 4.00. The maximum Gasteiger partial charge on any atom is 0.352 e. The SMILES string of the molecule is CCCCOC(=O)C(OCC(=O)OC(C)(C)C)(Sc1ccccc1[N+](=O)[O-])[C@H](NC(=O)C(C)CC(C)C)C(=O)NC. The summed E-state index contributed by atoms with van der Waals surface area (Å²) in [6, 6.07) is 3.79. The van der Waals surface area contributed by atoms with Crippen LogP contribution in [-0.4, -0.2) is 65.5 Å². The van der Waals surface area contributed by atoms with Gasteiger partial charge in [0.2, 0.25) is 16.7 Å². The number of hydrogen-bond donors (Lipinski definition) is 2. The molecule has 13 heteroatoms. The first-order valence-corrected chi connectivity index (χ1v) is 14.4. The molecule has 0 spiro atoms. The summed E-state index contributed by atoms with van der Waals surface area (Å²) < 4.78 is 16.8. The van der Waals surface area contributed by atoms with E-state index in [4.69, 9.17) is 14.2 Å². The predicted molar refractivity (Wildman–Crippen MR) is 154 cm³/mol. The average Bonchev–Trinajstić information content (AvgIpc) is 2.88.